The monoisotopic (exact) mass is 293 g/mol. The van der Waals surface area contributed by atoms with E-state index in [-0.39, 0.29) is 0 Å². The van der Waals surface area contributed by atoms with Crippen molar-refractivity contribution in [3.8, 4) is 0 Å². The maximum absolute atomic E-state index is 2.63. The molecule has 0 bridgehead atoms. The topological polar surface area (TPSA) is 3.24 Å². The Balaban J connectivity index is 2.14. The molecule has 0 aliphatic carbocycles. The second-order valence-corrected chi connectivity index (χ2v) is 6.96. The highest BCUT2D eigenvalue weighted by molar-refractivity contribution is 4.95. The van der Waals surface area contributed by atoms with Crippen molar-refractivity contribution in [1.29, 1.82) is 0 Å². The van der Waals surface area contributed by atoms with Gasteiger partial charge >= 0.3 is 0 Å². The average molecular weight is 294 g/mol. The molecule has 0 N–H and O–H groups in total. The van der Waals surface area contributed by atoms with Gasteiger partial charge in [-0.3, -0.25) is 4.90 Å². The third-order valence-electron chi connectivity index (χ3n) is 4.84. The molecule has 0 atom stereocenters. The van der Waals surface area contributed by atoms with E-state index in [0.717, 1.165) is 5.92 Å². The Morgan fingerprint density at radius 1 is 0.714 bits per heavy atom. The fraction of sp³-hybridized carbons (Fsp3) is 0.900. The summed E-state index contributed by atoms with van der Waals surface area (Å²) in [6, 6.07) is 0. The molecule has 0 amide bonds. The van der Waals surface area contributed by atoms with Crippen LogP contribution in [0.4, 0.5) is 0 Å². The predicted molar refractivity (Wildman–Crippen MR) is 95.8 cm³/mol. The molecule has 0 radical (unpaired) electrons. The van der Waals surface area contributed by atoms with Gasteiger partial charge in [0.15, 0.2) is 0 Å². The molecule has 0 fully saturated rings. The number of unbranched alkanes of at least 4 members (excludes halogenated alkanes) is 8. The lowest BCUT2D eigenvalue weighted by Crippen LogP contribution is -2.27. The van der Waals surface area contributed by atoms with Gasteiger partial charge in [-0.15, -0.1) is 0 Å². The summed E-state index contributed by atoms with van der Waals surface area (Å²) in [6.45, 7) is 8.35. The molecular weight excluding hydrogens is 254 g/mol. The Morgan fingerprint density at radius 2 is 1.19 bits per heavy atom. The fourth-order valence-corrected chi connectivity index (χ4v) is 3.44. The summed E-state index contributed by atoms with van der Waals surface area (Å²) < 4.78 is 0. The van der Waals surface area contributed by atoms with Crippen LogP contribution in [0.15, 0.2) is 12.2 Å². The van der Waals surface area contributed by atoms with E-state index < -0.39 is 0 Å². The number of hydrogen-bond acceptors (Lipinski definition) is 1. The summed E-state index contributed by atoms with van der Waals surface area (Å²) in [6.07, 6.45) is 21.9. The molecule has 21 heavy (non-hydrogen) atoms. The maximum Gasteiger partial charge on any atom is 0.0167 e. The number of rotatable bonds is 14. The lowest BCUT2D eigenvalue weighted by atomic mass is 9.93. The van der Waals surface area contributed by atoms with Crippen LogP contribution in [0.5, 0.6) is 0 Å². The fourth-order valence-electron chi connectivity index (χ4n) is 3.44. The Labute approximate surface area is 134 Å². The number of hydrogen-bond donors (Lipinski definition) is 0. The zero-order valence-corrected chi connectivity index (χ0v) is 14.8. The van der Waals surface area contributed by atoms with E-state index in [1.807, 2.05) is 0 Å². The molecular formula is C20H39N. The zero-order chi connectivity index (χ0) is 15.2. The number of nitrogens with zero attached hydrogens (tertiary/aromatic N) is 1. The molecule has 0 aromatic rings. The molecule has 1 heteroatoms. The van der Waals surface area contributed by atoms with Gasteiger partial charge in [0.1, 0.15) is 0 Å². The quantitative estimate of drug-likeness (QED) is 0.272. The summed E-state index contributed by atoms with van der Waals surface area (Å²) in [5.41, 5.74) is 0. The second-order valence-electron chi connectivity index (χ2n) is 6.96. The normalized spacial score (nSPS) is 15.4. The van der Waals surface area contributed by atoms with Crippen molar-refractivity contribution < 1.29 is 0 Å². The minimum Gasteiger partial charge on any atom is -0.296 e. The largest absolute Gasteiger partial charge is 0.296 e. The van der Waals surface area contributed by atoms with Crippen molar-refractivity contribution in [3.63, 3.8) is 0 Å². The van der Waals surface area contributed by atoms with Crippen LogP contribution in [0.25, 0.3) is 0 Å². The van der Waals surface area contributed by atoms with E-state index in [9.17, 15) is 0 Å². The van der Waals surface area contributed by atoms with E-state index >= 15 is 0 Å². The van der Waals surface area contributed by atoms with Gasteiger partial charge in [-0.25, -0.2) is 0 Å². The summed E-state index contributed by atoms with van der Waals surface area (Å²) in [7, 11) is 0. The van der Waals surface area contributed by atoms with Crippen molar-refractivity contribution in [2.24, 2.45) is 5.92 Å². The Hall–Kier alpha value is -0.300. The van der Waals surface area contributed by atoms with Gasteiger partial charge < -0.3 is 0 Å². The molecule has 0 aromatic heterocycles. The first-order valence-corrected chi connectivity index (χ1v) is 9.74. The Morgan fingerprint density at radius 3 is 1.67 bits per heavy atom. The van der Waals surface area contributed by atoms with E-state index in [2.05, 4.69) is 30.9 Å². The first kappa shape index (κ1) is 18.7. The van der Waals surface area contributed by atoms with E-state index in [1.165, 1.54) is 96.7 Å². The van der Waals surface area contributed by atoms with Gasteiger partial charge in [0.2, 0.25) is 0 Å². The van der Waals surface area contributed by atoms with Crippen LogP contribution in [0, 0.1) is 5.92 Å². The third-order valence-corrected chi connectivity index (χ3v) is 4.84. The predicted octanol–water partition coefficient (Wildman–Crippen LogP) is 6.20. The lowest BCUT2D eigenvalue weighted by molar-refractivity contribution is 0.258. The third kappa shape index (κ3) is 10.1. The van der Waals surface area contributed by atoms with E-state index in [1.54, 1.807) is 0 Å². The van der Waals surface area contributed by atoms with Crippen LogP contribution in [-0.4, -0.2) is 24.5 Å². The van der Waals surface area contributed by atoms with Crippen LogP contribution >= 0.6 is 0 Å². The maximum atomic E-state index is 2.63. The van der Waals surface area contributed by atoms with E-state index in [4.69, 9.17) is 0 Å². The minimum atomic E-state index is 0.952. The standard InChI is InChI=1S/C20H39N/c1-3-5-7-9-11-15-20(16-12-10-8-6-4-2)19-21-17-13-14-18-21/h13-14,20H,3-12,15-19H2,1-2H3. The second kappa shape index (κ2) is 13.4. The van der Waals surface area contributed by atoms with Gasteiger partial charge in [0.25, 0.3) is 0 Å². The summed E-state index contributed by atoms with van der Waals surface area (Å²) in [5, 5.41) is 0. The average Bonchev–Trinajstić information content (AvgIpc) is 2.99. The molecule has 124 valence electrons. The van der Waals surface area contributed by atoms with Gasteiger partial charge in [-0.1, -0.05) is 90.2 Å². The highest BCUT2D eigenvalue weighted by Crippen LogP contribution is 2.21. The van der Waals surface area contributed by atoms with Crippen LogP contribution in [0.1, 0.15) is 90.9 Å². The Kier molecular flexibility index (Phi) is 11.9. The minimum absolute atomic E-state index is 0.952. The highest BCUT2D eigenvalue weighted by atomic mass is 15.1. The van der Waals surface area contributed by atoms with Crippen LogP contribution in [0.3, 0.4) is 0 Å². The van der Waals surface area contributed by atoms with Crippen LogP contribution in [-0.2, 0) is 0 Å². The Bertz CT molecular complexity index is 224. The van der Waals surface area contributed by atoms with Crippen molar-refractivity contribution in [2.75, 3.05) is 19.6 Å². The molecule has 0 unspecified atom stereocenters. The molecule has 1 rings (SSSR count). The van der Waals surface area contributed by atoms with Gasteiger partial charge in [0.05, 0.1) is 0 Å². The van der Waals surface area contributed by atoms with Gasteiger partial charge in [-0.05, 0) is 18.8 Å². The molecule has 1 aliphatic rings. The van der Waals surface area contributed by atoms with Crippen LogP contribution in [0.2, 0.25) is 0 Å². The van der Waals surface area contributed by atoms with Crippen molar-refractivity contribution in [2.45, 2.75) is 90.9 Å². The molecule has 0 aromatic carbocycles. The molecule has 1 aliphatic heterocycles. The smallest absolute Gasteiger partial charge is 0.0167 e. The van der Waals surface area contributed by atoms with Crippen LogP contribution < -0.4 is 0 Å². The molecule has 1 heterocycles. The molecule has 0 saturated carbocycles. The lowest BCUT2D eigenvalue weighted by Gasteiger charge is -2.23. The molecule has 0 spiro atoms. The first-order chi connectivity index (χ1) is 10.4. The molecule has 0 saturated heterocycles. The van der Waals surface area contributed by atoms with E-state index in [0.29, 0.717) is 0 Å². The van der Waals surface area contributed by atoms with Gasteiger partial charge in [-0.2, -0.15) is 0 Å². The first-order valence-electron chi connectivity index (χ1n) is 9.74. The van der Waals surface area contributed by atoms with Gasteiger partial charge in [0, 0.05) is 19.6 Å². The summed E-state index contributed by atoms with van der Waals surface area (Å²) >= 11 is 0. The zero-order valence-electron chi connectivity index (χ0n) is 14.8. The highest BCUT2D eigenvalue weighted by Gasteiger charge is 2.14. The van der Waals surface area contributed by atoms with Crippen molar-refractivity contribution in [3.05, 3.63) is 12.2 Å². The summed E-state index contributed by atoms with van der Waals surface area (Å²) in [5.74, 6) is 0.952. The SMILES string of the molecule is CCCCCCCC(CCCCCCC)CN1CC=CC1. The van der Waals surface area contributed by atoms with Crippen molar-refractivity contribution in [1.82, 2.24) is 4.90 Å². The molecule has 1 nitrogen and oxygen atoms in total. The summed E-state index contributed by atoms with van der Waals surface area (Å²) in [4.78, 5) is 2.63. The van der Waals surface area contributed by atoms with Crippen molar-refractivity contribution >= 4 is 0 Å².